The lowest BCUT2D eigenvalue weighted by molar-refractivity contribution is 0.539. The van der Waals surface area contributed by atoms with Gasteiger partial charge >= 0.3 is 0 Å². The van der Waals surface area contributed by atoms with E-state index in [-0.39, 0.29) is 12.1 Å². The van der Waals surface area contributed by atoms with Crippen LogP contribution in [0.15, 0.2) is 60.8 Å². The Hall–Kier alpha value is -2.91. The van der Waals surface area contributed by atoms with Crippen LogP contribution in [-0.4, -0.2) is 29.3 Å². The van der Waals surface area contributed by atoms with Gasteiger partial charge in [-0.05, 0) is 67.7 Å². The Balaban J connectivity index is 1.77. The summed E-state index contributed by atoms with van der Waals surface area (Å²) >= 11 is 5.71. The molecule has 30 heavy (non-hydrogen) atoms. The van der Waals surface area contributed by atoms with Crippen molar-refractivity contribution in [2.45, 2.75) is 19.0 Å². The average Bonchev–Trinajstić information content (AvgIpc) is 3.21. The van der Waals surface area contributed by atoms with Crippen LogP contribution in [0.2, 0.25) is 0 Å². The van der Waals surface area contributed by atoms with Crippen LogP contribution in [0.4, 0.5) is 11.4 Å². The number of sulfonamides is 1. The van der Waals surface area contributed by atoms with Crippen molar-refractivity contribution in [1.82, 2.24) is 14.9 Å². The molecule has 1 aliphatic heterocycles. The highest BCUT2D eigenvalue weighted by atomic mass is 32.2. The minimum absolute atomic E-state index is 0.111. The molecule has 2 aromatic heterocycles. The van der Waals surface area contributed by atoms with Crippen LogP contribution in [0, 0.1) is 6.92 Å². The molecule has 0 bridgehead atoms. The van der Waals surface area contributed by atoms with Crippen molar-refractivity contribution >= 4 is 38.7 Å². The van der Waals surface area contributed by atoms with Crippen LogP contribution in [-0.2, 0) is 17.1 Å². The first-order valence-electron chi connectivity index (χ1n) is 9.45. The van der Waals surface area contributed by atoms with Crippen LogP contribution in [0.5, 0.6) is 0 Å². The molecule has 4 rings (SSSR count). The van der Waals surface area contributed by atoms with Gasteiger partial charge < -0.3 is 14.8 Å². The van der Waals surface area contributed by atoms with Gasteiger partial charge in [0.1, 0.15) is 6.04 Å². The molecular weight excluding hydrogens is 418 g/mol. The van der Waals surface area contributed by atoms with Crippen LogP contribution in [0.1, 0.15) is 29.2 Å². The topological polar surface area (TPSA) is 79.3 Å². The molecule has 3 aromatic rings. The Labute approximate surface area is 181 Å². The summed E-state index contributed by atoms with van der Waals surface area (Å²) in [5.74, 6) is 0. The highest BCUT2D eigenvalue weighted by Gasteiger charge is 2.41. The zero-order valence-electron chi connectivity index (χ0n) is 16.9. The SMILES string of the molecule is Cc1ccc(C2C(c3ccccn3)NC(=S)N2c2ccc(NS(C)(=O)=O)cc2)n1C. The van der Waals surface area contributed by atoms with Crippen LogP contribution >= 0.6 is 12.2 Å². The molecule has 0 saturated carbocycles. The molecule has 0 spiro atoms. The lowest BCUT2D eigenvalue weighted by Crippen LogP contribution is -2.30. The summed E-state index contributed by atoms with van der Waals surface area (Å²) in [6.45, 7) is 2.07. The maximum Gasteiger partial charge on any atom is 0.229 e. The number of thiocarbonyl (C=S) groups is 1. The fourth-order valence-corrected chi connectivity index (χ4v) is 4.68. The summed E-state index contributed by atoms with van der Waals surface area (Å²) in [6.07, 6.45) is 2.91. The minimum atomic E-state index is -3.33. The summed E-state index contributed by atoms with van der Waals surface area (Å²) in [5, 5.41) is 4.02. The van der Waals surface area contributed by atoms with E-state index in [9.17, 15) is 8.42 Å². The van der Waals surface area contributed by atoms with Gasteiger partial charge in [0.2, 0.25) is 10.0 Å². The molecule has 2 unspecified atom stereocenters. The summed E-state index contributed by atoms with van der Waals surface area (Å²) in [6, 6.07) is 17.0. The third-order valence-electron chi connectivity index (χ3n) is 5.26. The van der Waals surface area contributed by atoms with Gasteiger partial charge in [-0.3, -0.25) is 9.71 Å². The average molecular weight is 442 g/mol. The van der Waals surface area contributed by atoms with E-state index in [1.807, 2.05) is 37.4 Å². The second kappa shape index (κ2) is 7.73. The molecule has 0 aliphatic carbocycles. The summed E-state index contributed by atoms with van der Waals surface area (Å²) in [5.41, 5.74) is 4.53. The molecule has 3 heterocycles. The predicted octanol–water partition coefficient (Wildman–Crippen LogP) is 3.28. The fourth-order valence-electron chi connectivity index (χ4n) is 3.77. The smallest absolute Gasteiger partial charge is 0.229 e. The molecule has 1 saturated heterocycles. The van der Waals surface area contributed by atoms with Crippen molar-refractivity contribution < 1.29 is 8.42 Å². The van der Waals surface area contributed by atoms with E-state index in [0.29, 0.717) is 10.8 Å². The van der Waals surface area contributed by atoms with Crippen LogP contribution < -0.4 is 14.9 Å². The Morgan fingerprint density at radius 3 is 2.40 bits per heavy atom. The second-order valence-corrected chi connectivity index (χ2v) is 9.51. The van der Waals surface area contributed by atoms with Crippen LogP contribution in [0.3, 0.4) is 0 Å². The number of nitrogens with one attached hydrogen (secondary N) is 2. The standard InChI is InChI=1S/C21H23N5O2S2/c1-14-7-12-18(25(14)2)20-19(17-6-4-5-13-22-17)23-21(29)26(20)16-10-8-15(9-11-16)24-30(3,27)28/h4-13,19-20,24H,1-3H3,(H,23,29). The van der Waals surface area contributed by atoms with Crippen molar-refractivity contribution in [3.05, 3.63) is 77.9 Å². The highest BCUT2D eigenvalue weighted by molar-refractivity contribution is 7.92. The molecule has 0 radical (unpaired) electrons. The van der Waals surface area contributed by atoms with E-state index in [2.05, 4.69) is 43.5 Å². The van der Waals surface area contributed by atoms with Gasteiger partial charge in [0.25, 0.3) is 0 Å². The largest absolute Gasteiger partial charge is 0.351 e. The van der Waals surface area contributed by atoms with Crippen molar-refractivity contribution in [2.75, 3.05) is 15.9 Å². The zero-order valence-corrected chi connectivity index (χ0v) is 18.5. The summed E-state index contributed by atoms with van der Waals surface area (Å²) in [4.78, 5) is 6.62. The monoisotopic (exact) mass is 441 g/mol. The maximum absolute atomic E-state index is 11.5. The van der Waals surface area contributed by atoms with E-state index >= 15 is 0 Å². The molecule has 1 aromatic carbocycles. The Bertz CT molecular complexity index is 1170. The number of nitrogens with zero attached hydrogens (tertiary/aromatic N) is 3. The number of benzene rings is 1. The lowest BCUT2D eigenvalue weighted by Gasteiger charge is -2.28. The van der Waals surface area contributed by atoms with Crippen molar-refractivity contribution in [3.8, 4) is 0 Å². The highest BCUT2D eigenvalue weighted by Crippen LogP contribution is 2.41. The normalized spacial score (nSPS) is 19.0. The van der Waals surface area contributed by atoms with Gasteiger partial charge in [-0.25, -0.2) is 8.42 Å². The van der Waals surface area contributed by atoms with E-state index in [4.69, 9.17) is 12.2 Å². The van der Waals surface area contributed by atoms with Gasteiger partial charge in [-0.15, -0.1) is 0 Å². The van der Waals surface area contributed by atoms with E-state index in [1.54, 1.807) is 18.3 Å². The predicted molar refractivity (Wildman–Crippen MR) is 123 cm³/mol. The van der Waals surface area contributed by atoms with Crippen molar-refractivity contribution in [3.63, 3.8) is 0 Å². The van der Waals surface area contributed by atoms with E-state index in [1.165, 1.54) is 0 Å². The van der Waals surface area contributed by atoms with Crippen LogP contribution in [0.25, 0.3) is 0 Å². The molecule has 9 heteroatoms. The third kappa shape index (κ3) is 3.90. The molecule has 7 nitrogen and oxygen atoms in total. The maximum atomic E-state index is 11.5. The Kier molecular flexibility index (Phi) is 5.25. The van der Waals surface area contributed by atoms with Crippen molar-refractivity contribution in [1.29, 1.82) is 0 Å². The summed E-state index contributed by atoms with van der Waals surface area (Å²) < 4.78 is 27.7. The first kappa shape index (κ1) is 20.4. The number of pyridine rings is 1. The molecule has 2 N–H and O–H groups in total. The number of aromatic nitrogens is 2. The van der Waals surface area contributed by atoms with E-state index in [0.717, 1.165) is 29.0 Å². The van der Waals surface area contributed by atoms with Gasteiger partial charge in [0, 0.05) is 36.0 Å². The molecule has 2 atom stereocenters. The lowest BCUT2D eigenvalue weighted by atomic mass is 10.0. The number of hydrogen-bond acceptors (Lipinski definition) is 4. The Morgan fingerprint density at radius 1 is 1.10 bits per heavy atom. The Morgan fingerprint density at radius 2 is 1.83 bits per heavy atom. The van der Waals surface area contributed by atoms with Gasteiger partial charge in [-0.2, -0.15) is 0 Å². The van der Waals surface area contributed by atoms with Gasteiger partial charge in [0.15, 0.2) is 5.11 Å². The van der Waals surface area contributed by atoms with Gasteiger partial charge in [-0.1, -0.05) is 6.07 Å². The quantitative estimate of drug-likeness (QED) is 0.592. The van der Waals surface area contributed by atoms with E-state index < -0.39 is 10.0 Å². The molecule has 1 aliphatic rings. The number of rotatable bonds is 5. The fraction of sp³-hybridized carbons (Fsp3) is 0.238. The molecule has 1 fully saturated rings. The minimum Gasteiger partial charge on any atom is -0.351 e. The van der Waals surface area contributed by atoms with Gasteiger partial charge in [0.05, 0.1) is 18.0 Å². The van der Waals surface area contributed by atoms with Crippen molar-refractivity contribution in [2.24, 2.45) is 7.05 Å². The third-order valence-corrected chi connectivity index (χ3v) is 6.18. The number of aryl methyl sites for hydroxylation is 1. The summed E-state index contributed by atoms with van der Waals surface area (Å²) in [7, 11) is -1.29. The zero-order chi connectivity index (χ0) is 21.5. The molecule has 156 valence electrons. The second-order valence-electron chi connectivity index (χ2n) is 7.38. The first-order valence-corrected chi connectivity index (χ1v) is 11.8. The number of hydrogen-bond donors (Lipinski definition) is 2. The number of anilines is 2. The first-order chi connectivity index (χ1) is 14.2. The molecule has 0 amide bonds. The molecular formula is C21H23N5O2S2.